The monoisotopic (exact) mass is 592 g/mol. The molecule has 2 aliphatic heterocycles. The van der Waals surface area contributed by atoms with Crippen molar-refractivity contribution in [2.75, 3.05) is 45.8 Å². The molecule has 13 heteroatoms. The standard InChI is InChI=1S/C25H42N4O3S.C2HF3O2/c1-20(2)23-8-10-24(11-9-23)33(31,32)28(15-12-25(30)27-16-13-26-14-17-27)18-19-29-21(3)6-5-7-22(29)4;3-2(4,5)1(6)7/h8-11,20-22,26H,5-7,12-19H2,1-4H3;(H,6,7). The predicted octanol–water partition coefficient (Wildman–Crippen LogP) is 3.52. The molecule has 2 N–H and O–H groups in total. The maximum absolute atomic E-state index is 13.6. The number of carbonyl (C=O) groups is 2. The third-order valence-electron chi connectivity index (χ3n) is 7.46. The zero-order chi connectivity index (χ0) is 30.1. The largest absolute Gasteiger partial charge is 0.490 e. The predicted molar refractivity (Wildman–Crippen MR) is 147 cm³/mol. The number of benzene rings is 1. The minimum absolute atomic E-state index is 0.0339. The van der Waals surface area contributed by atoms with E-state index in [1.807, 2.05) is 17.0 Å². The summed E-state index contributed by atoms with van der Waals surface area (Å²) >= 11 is 0. The molecular weight excluding hydrogens is 549 g/mol. The average molecular weight is 593 g/mol. The number of rotatable bonds is 9. The van der Waals surface area contributed by atoms with Crippen LogP contribution in [0, 0.1) is 0 Å². The van der Waals surface area contributed by atoms with Crippen LogP contribution in [0.3, 0.4) is 0 Å². The maximum Gasteiger partial charge on any atom is 0.490 e. The average Bonchev–Trinajstić information content (AvgIpc) is 2.90. The number of amides is 1. The molecule has 0 saturated carbocycles. The van der Waals surface area contributed by atoms with Crippen molar-refractivity contribution in [1.29, 1.82) is 0 Å². The Kier molecular flexibility index (Phi) is 12.9. The summed E-state index contributed by atoms with van der Waals surface area (Å²) in [7, 11) is -3.68. The van der Waals surface area contributed by atoms with Gasteiger partial charge < -0.3 is 15.3 Å². The summed E-state index contributed by atoms with van der Waals surface area (Å²) in [6, 6.07) is 8.12. The Bertz CT molecular complexity index is 1050. The number of piperidine rings is 1. The molecule has 0 bridgehead atoms. The number of hydrogen-bond donors (Lipinski definition) is 2. The molecule has 0 aliphatic carbocycles. The zero-order valence-electron chi connectivity index (χ0n) is 23.8. The highest BCUT2D eigenvalue weighted by Crippen LogP contribution is 2.24. The summed E-state index contributed by atoms with van der Waals surface area (Å²) in [6.07, 6.45) is -1.35. The third kappa shape index (κ3) is 10.0. The molecule has 228 valence electrons. The molecule has 2 atom stereocenters. The Morgan fingerprint density at radius 2 is 1.57 bits per heavy atom. The Balaban J connectivity index is 0.000000708. The second-order valence-corrected chi connectivity index (χ2v) is 12.6. The van der Waals surface area contributed by atoms with Gasteiger partial charge in [0.15, 0.2) is 0 Å². The van der Waals surface area contributed by atoms with Crippen molar-refractivity contribution in [2.24, 2.45) is 0 Å². The summed E-state index contributed by atoms with van der Waals surface area (Å²) in [6.45, 7) is 12.9. The van der Waals surface area contributed by atoms with E-state index >= 15 is 0 Å². The summed E-state index contributed by atoms with van der Waals surface area (Å²) in [5.74, 6) is -2.38. The number of nitrogens with zero attached hydrogens (tertiary/aromatic N) is 3. The van der Waals surface area contributed by atoms with Gasteiger partial charge in [0.1, 0.15) is 0 Å². The summed E-state index contributed by atoms with van der Waals surface area (Å²) in [5.41, 5.74) is 1.12. The summed E-state index contributed by atoms with van der Waals surface area (Å²) < 4.78 is 60.5. The maximum atomic E-state index is 13.6. The van der Waals surface area contributed by atoms with Crippen molar-refractivity contribution in [2.45, 2.75) is 82.5 Å². The quantitative estimate of drug-likeness (QED) is 0.452. The molecule has 2 heterocycles. The van der Waals surface area contributed by atoms with Gasteiger partial charge in [-0.1, -0.05) is 32.4 Å². The first-order chi connectivity index (χ1) is 18.6. The number of carbonyl (C=O) groups excluding carboxylic acids is 1. The number of sulfonamides is 1. The Labute approximate surface area is 235 Å². The molecule has 0 aromatic heterocycles. The molecule has 2 aliphatic rings. The normalized spacial score (nSPS) is 20.8. The van der Waals surface area contributed by atoms with Crippen LogP contribution >= 0.6 is 0 Å². The van der Waals surface area contributed by atoms with Crippen LogP contribution in [0.4, 0.5) is 13.2 Å². The van der Waals surface area contributed by atoms with Crippen LogP contribution in [0.25, 0.3) is 0 Å². The minimum Gasteiger partial charge on any atom is -0.475 e. The molecule has 2 fully saturated rings. The SMILES string of the molecule is CC(C)c1ccc(S(=O)(=O)N(CCC(=O)N2CCNCC2)CCN2C(C)CCCC2C)cc1.O=C(O)C(F)(F)F. The molecular formula is C27H43F3N4O5S. The number of aliphatic carboxylic acids is 1. The molecule has 2 saturated heterocycles. The smallest absolute Gasteiger partial charge is 0.475 e. The van der Waals surface area contributed by atoms with Crippen LogP contribution in [0.5, 0.6) is 0 Å². The van der Waals surface area contributed by atoms with Crippen LogP contribution < -0.4 is 5.32 Å². The van der Waals surface area contributed by atoms with Crippen molar-refractivity contribution in [3.05, 3.63) is 29.8 Å². The second-order valence-electron chi connectivity index (χ2n) is 10.7. The molecule has 1 amide bonds. The lowest BCUT2D eigenvalue weighted by atomic mass is 9.98. The number of carboxylic acid groups (broad SMARTS) is 1. The molecule has 0 radical (unpaired) electrons. The molecule has 1 aromatic rings. The molecule has 0 spiro atoms. The van der Waals surface area contributed by atoms with E-state index in [9.17, 15) is 26.4 Å². The highest BCUT2D eigenvalue weighted by molar-refractivity contribution is 7.89. The number of piperazine rings is 1. The van der Waals surface area contributed by atoms with Crippen LogP contribution in [0.2, 0.25) is 0 Å². The topological polar surface area (TPSA) is 110 Å². The first-order valence-corrected chi connectivity index (χ1v) is 15.2. The van der Waals surface area contributed by atoms with Crippen molar-refractivity contribution in [3.63, 3.8) is 0 Å². The van der Waals surface area contributed by atoms with Gasteiger partial charge in [0.2, 0.25) is 15.9 Å². The minimum atomic E-state index is -5.08. The van der Waals surface area contributed by atoms with E-state index in [1.54, 1.807) is 12.1 Å². The third-order valence-corrected chi connectivity index (χ3v) is 9.37. The van der Waals surface area contributed by atoms with E-state index in [0.29, 0.717) is 49.1 Å². The van der Waals surface area contributed by atoms with E-state index < -0.39 is 22.2 Å². The highest BCUT2D eigenvalue weighted by Gasteiger charge is 2.38. The Morgan fingerprint density at radius 1 is 1.05 bits per heavy atom. The molecule has 9 nitrogen and oxygen atoms in total. The lowest BCUT2D eigenvalue weighted by molar-refractivity contribution is -0.192. The van der Waals surface area contributed by atoms with Crippen molar-refractivity contribution in [1.82, 2.24) is 19.4 Å². The van der Waals surface area contributed by atoms with E-state index in [1.165, 1.54) is 10.7 Å². The van der Waals surface area contributed by atoms with Gasteiger partial charge in [-0.05, 0) is 50.3 Å². The second kappa shape index (κ2) is 15.1. The summed E-state index contributed by atoms with van der Waals surface area (Å²) in [5, 5.41) is 10.4. The van der Waals surface area contributed by atoms with Gasteiger partial charge in [0.25, 0.3) is 0 Å². The molecule has 1 aromatic carbocycles. The first kappa shape index (κ1) is 34.0. The fourth-order valence-electron chi connectivity index (χ4n) is 4.96. The van der Waals surface area contributed by atoms with Crippen molar-refractivity contribution < 1.29 is 36.3 Å². The van der Waals surface area contributed by atoms with Gasteiger partial charge in [-0.25, -0.2) is 13.2 Å². The van der Waals surface area contributed by atoms with Crippen LogP contribution in [0.15, 0.2) is 29.2 Å². The molecule has 3 rings (SSSR count). The van der Waals surface area contributed by atoms with Crippen LogP contribution in [-0.4, -0.2) is 104 Å². The number of alkyl halides is 3. The van der Waals surface area contributed by atoms with E-state index in [2.05, 4.69) is 37.9 Å². The van der Waals surface area contributed by atoms with Crippen LogP contribution in [0.1, 0.15) is 64.9 Å². The number of nitrogens with one attached hydrogen (secondary N) is 1. The van der Waals surface area contributed by atoms with Crippen molar-refractivity contribution >= 4 is 21.9 Å². The molecule has 2 unspecified atom stereocenters. The van der Waals surface area contributed by atoms with E-state index in [4.69, 9.17) is 9.90 Å². The zero-order valence-corrected chi connectivity index (χ0v) is 24.6. The number of carboxylic acids is 1. The Morgan fingerprint density at radius 3 is 2.05 bits per heavy atom. The van der Waals surface area contributed by atoms with E-state index in [0.717, 1.165) is 31.5 Å². The van der Waals surface area contributed by atoms with Crippen molar-refractivity contribution in [3.8, 4) is 0 Å². The highest BCUT2D eigenvalue weighted by atomic mass is 32.2. The van der Waals surface area contributed by atoms with Gasteiger partial charge in [-0.2, -0.15) is 17.5 Å². The molecule has 40 heavy (non-hydrogen) atoms. The van der Waals surface area contributed by atoms with Crippen LogP contribution in [-0.2, 0) is 19.6 Å². The summed E-state index contributed by atoms with van der Waals surface area (Å²) in [4.78, 5) is 26.2. The lowest BCUT2D eigenvalue weighted by Crippen LogP contribution is -2.49. The van der Waals surface area contributed by atoms with E-state index in [-0.39, 0.29) is 18.9 Å². The lowest BCUT2D eigenvalue weighted by Gasteiger charge is -2.40. The number of halogens is 3. The van der Waals surface area contributed by atoms with Gasteiger partial charge >= 0.3 is 12.1 Å². The number of hydrogen-bond acceptors (Lipinski definition) is 6. The fraction of sp³-hybridized carbons (Fsp3) is 0.704. The Hall–Kier alpha value is -2.22. The van der Waals surface area contributed by atoms with Gasteiger partial charge in [0.05, 0.1) is 4.90 Å². The first-order valence-electron chi connectivity index (χ1n) is 13.8. The van der Waals surface area contributed by atoms with Gasteiger partial charge in [-0.3, -0.25) is 9.69 Å². The van der Waals surface area contributed by atoms with Gasteiger partial charge in [0, 0.05) is 64.3 Å². The van der Waals surface area contributed by atoms with Gasteiger partial charge in [-0.15, -0.1) is 0 Å². The number of likely N-dealkylation sites (tertiary alicyclic amines) is 1. The fourth-order valence-corrected chi connectivity index (χ4v) is 6.39.